The van der Waals surface area contributed by atoms with Crippen LogP contribution in [0.15, 0.2) is 16.9 Å². The van der Waals surface area contributed by atoms with Gasteiger partial charge in [-0.2, -0.15) is 0 Å². The maximum Gasteiger partial charge on any atom is 0.208 e. The van der Waals surface area contributed by atoms with Gasteiger partial charge in [0.05, 0.1) is 0 Å². The molecule has 0 spiro atoms. The molecule has 2 saturated heterocycles. The topological polar surface area (TPSA) is 58.3 Å². The van der Waals surface area contributed by atoms with Gasteiger partial charge in [-0.15, -0.1) is 10.2 Å². The molecule has 4 heterocycles. The van der Waals surface area contributed by atoms with Gasteiger partial charge in [0.15, 0.2) is 5.01 Å². The lowest BCUT2D eigenvalue weighted by Gasteiger charge is -2.40. The largest absolute Gasteiger partial charge is 0.364 e. The Kier molecular flexibility index (Phi) is 3.19. The van der Waals surface area contributed by atoms with Gasteiger partial charge in [0.25, 0.3) is 0 Å². The van der Waals surface area contributed by atoms with E-state index in [9.17, 15) is 0 Å². The molecule has 112 valence electrons. The summed E-state index contributed by atoms with van der Waals surface area (Å²) in [5, 5.41) is 14.3. The number of aromatic nitrogens is 3. The van der Waals surface area contributed by atoms with E-state index in [1.54, 1.807) is 17.6 Å². The SMILES string of the molecule is CN(c1nnc(-c2ccon2)s1)C1CC2CCC(C1)N2C. The molecule has 2 aliphatic rings. The first kappa shape index (κ1) is 13.2. The summed E-state index contributed by atoms with van der Waals surface area (Å²) in [6.07, 6.45) is 6.69. The minimum Gasteiger partial charge on any atom is -0.364 e. The average Bonchev–Trinajstić information content (AvgIpc) is 3.18. The molecule has 0 aromatic carbocycles. The van der Waals surface area contributed by atoms with Gasteiger partial charge in [0, 0.05) is 31.2 Å². The predicted molar refractivity (Wildman–Crippen MR) is 81.4 cm³/mol. The van der Waals surface area contributed by atoms with Crippen LogP contribution in [-0.2, 0) is 0 Å². The van der Waals surface area contributed by atoms with Gasteiger partial charge in [-0.1, -0.05) is 16.5 Å². The van der Waals surface area contributed by atoms with Crippen molar-refractivity contribution in [2.24, 2.45) is 0 Å². The van der Waals surface area contributed by atoms with Crippen LogP contribution in [0.1, 0.15) is 25.7 Å². The summed E-state index contributed by atoms with van der Waals surface area (Å²) in [5.41, 5.74) is 0.760. The molecule has 0 radical (unpaired) electrons. The summed E-state index contributed by atoms with van der Waals surface area (Å²) in [5.74, 6) is 0. The van der Waals surface area contributed by atoms with Crippen LogP contribution in [0.2, 0.25) is 0 Å². The molecule has 4 rings (SSSR count). The molecule has 2 aliphatic heterocycles. The van der Waals surface area contributed by atoms with Crippen LogP contribution >= 0.6 is 11.3 Å². The summed E-state index contributed by atoms with van der Waals surface area (Å²) in [7, 11) is 4.41. The Labute approximate surface area is 127 Å². The molecule has 2 atom stereocenters. The van der Waals surface area contributed by atoms with Crippen molar-refractivity contribution < 1.29 is 4.52 Å². The van der Waals surface area contributed by atoms with Gasteiger partial charge < -0.3 is 14.3 Å². The number of hydrogen-bond acceptors (Lipinski definition) is 7. The van der Waals surface area contributed by atoms with Crippen molar-refractivity contribution in [1.82, 2.24) is 20.3 Å². The summed E-state index contributed by atoms with van der Waals surface area (Å²) in [6.45, 7) is 0. The molecule has 0 N–H and O–H groups in total. The van der Waals surface area contributed by atoms with Crippen molar-refractivity contribution in [2.75, 3.05) is 19.0 Å². The van der Waals surface area contributed by atoms with Crippen LogP contribution in [0.4, 0.5) is 5.13 Å². The molecule has 0 aliphatic carbocycles. The van der Waals surface area contributed by atoms with E-state index in [0.717, 1.165) is 27.9 Å². The van der Waals surface area contributed by atoms with Crippen molar-refractivity contribution in [3.8, 4) is 10.7 Å². The number of nitrogens with zero attached hydrogens (tertiary/aromatic N) is 5. The second-order valence-electron chi connectivity index (χ2n) is 6.06. The summed E-state index contributed by atoms with van der Waals surface area (Å²) in [4.78, 5) is 4.87. The Bertz CT molecular complexity index is 599. The van der Waals surface area contributed by atoms with Gasteiger partial charge in [-0.3, -0.25) is 0 Å². The summed E-state index contributed by atoms with van der Waals surface area (Å²) < 4.78 is 4.87. The number of piperidine rings is 1. The zero-order valence-corrected chi connectivity index (χ0v) is 13.1. The highest BCUT2D eigenvalue weighted by Crippen LogP contribution is 2.38. The summed E-state index contributed by atoms with van der Waals surface area (Å²) in [6, 6.07) is 3.86. The first-order chi connectivity index (χ1) is 10.2. The molecular weight excluding hydrogens is 286 g/mol. The molecule has 0 saturated carbocycles. The highest BCUT2D eigenvalue weighted by Gasteiger charge is 2.40. The van der Waals surface area contributed by atoms with E-state index >= 15 is 0 Å². The third-order valence-corrected chi connectivity index (χ3v) is 6.03. The number of fused-ring (bicyclic) bond motifs is 2. The van der Waals surface area contributed by atoms with Crippen LogP contribution in [-0.4, -0.2) is 52.5 Å². The maximum atomic E-state index is 4.87. The second kappa shape index (κ2) is 5.06. The Morgan fingerprint density at radius 1 is 1.29 bits per heavy atom. The van der Waals surface area contributed by atoms with Gasteiger partial charge in [0.2, 0.25) is 5.13 Å². The third kappa shape index (κ3) is 2.24. The minimum atomic E-state index is 0.566. The molecule has 6 nitrogen and oxygen atoms in total. The van der Waals surface area contributed by atoms with E-state index in [2.05, 4.69) is 39.2 Å². The Hall–Kier alpha value is -1.47. The predicted octanol–water partition coefficient (Wildman–Crippen LogP) is 2.25. The Morgan fingerprint density at radius 2 is 2.05 bits per heavy atom. The molecule has 21 heavy (non-hydrogen) atoms. The highest BCUT2D eigenvalue weighted by molar-refractivity contribution is 7.18. The van der Waals surface area contributed by atoms with Gasteiger partial charge in [-0.25, -0.2) is 0 Å². The first-order valence-corrected chi connectivity index (χ1v) is 8.23. The fourth-order valence-corrected chi connectivity index (χ4v) is 4.48. The molecule has 2 unspecified atom stereocenters. The van der Waals surface area contributed by atoms with E-state index in [4.69, 9.17) is 4.52 Å². The fourth-order valence-electron chi connectivity index (χ4n) is 3.64. The van der Waals surface area contributed by atoms with Crippen molar-refractivity contribution in [3.63, 3.8) is 0 Å². The molecule has 2 fully saturated rings. The highest BCUT2D eigenvalue weighted by atomic mass is 32.1. The van der Waals surface area contributed by atoms with Gasteiger partial charge in [-0.05, 0) is 32.7 Å². The number of hydrogen-bond donors (Lipinski definition) is 0. The van der Waals surface area contributed by atoms with Crippen molar-refractivity contribution in [2.45, 2.75) is 43.8 Å². The molecule has 2 aromatic rings. The monoisotopic (exact) mass is 305 g/mol. The van der Waals surface area contributed by atoms with Crippen LogP contribution in [0.25, 0.3) is 10.7 Å². The standard InChI is InChI=1S/C14H19N5OS/c1-18-9-3-4-10(18)8-11(7-9)19(2)14-16-15-13(21-14)12-5-6-20-17-12/h5-6,9-11H,3-4,7-8H2,1-2H3. The zero-order chi connectivity index (χ0) is 14.4. The number of rotatable bonds is 3. The molecular formula is C14H19N5OS. The lowest BCUT2D eigenvalue weighted by atomic mass is 9.97. The average molecular weight is 305 g/mol. The molecule has 0 amide bonds. The number of anilines is 1. The Balaban J connectivity index is 1.52. The van der Waals surface area contributed by atoms with Crippen molar-refractivity contribution in [1.29, 1.82) is 0 Å². The van der Waals surface area contributed by atoms with Crippen molar-refractivity contribution in [3.05, 3.63) is 12.3 Å². The van der Waals surface area contributed by atoms with E-state index in [0.29, 0.717) is 6.04 Å². The summed E-state index contributed by atoms with van der Waals surface area (Å²) >= 11 is 1.58. The Morgan fingerprint density at radius 3 is 2.71 bits per heavy atom. The van der Waals surface area contributed by atoms with Crippen molar-refractivity contribution >= 4 is 16.5 Å². The zero-order valence-electron chi connectivity index (χ0n) is 12.3. The van der Waals surface area contributed by atoms with Crippen LogP contribution in [0, 0.1) is 0 Å². The second-order valence-corrected chi connectivity index (χ2v) is 7.02. The minimum absolute atomic E-state index is 0.566. The lowest BCUT2D eigenvalue weighted by molar-refractivity contribution is 0.161. The van der Waals surface area contributed by atoms with E-state index in [1.165, 1.54) is 25.7 Å². The third-order valence-electron chi connectivity index (χ3n) is 4.99. The fraction of sp³-hybridized carbons (Fsp3) is 0.643. The lowest BCUT2D eigenvalue weighted by Crippen LogP contribution is -2.47. The molecule has 2 aromatic heterocycles. The van der Waals surface area contributed by atoms with Gasteiger partial charge in [0.1, 0.15) is 12.0 Å². The smallest absolute Gasteiger partial charge is 0.208 e. The molecule has 7 heteroatoms. The van der Waals surface area contributed by atoms with E-state index in [1.807, 2.05) is 6.07 Å². The van der Waals surface area contributed by atoms with Crippen LogP contribution in [0.5, 0.6) is 0 Å². The van der Waals surface area contributed by atoms with Gasteiger partial charge >= 0.3 is 0 Å². The normalized spacial score (nSPS) is 29.0. The van der Waals surface area contributed by atoms with Crippen LogP contribution < -0.4 is 4.90 Å². The first-order valence-electron chi connectivity index (χ1n) is 7.41. The quantitative estimate of drug-likeness (QED) is 0.867. The van der Waals surface area contributed by atoms with Crippen LogP contribution in [0.3, 0.4) is 0 Å². The maximum absolute atomic E-state index is 4.87. The molecule has 2 bridgehead atoms. The van der Waals surface area contributed by atoms with E-state index < -0.39 is 0 Å². The van der Waals surface area contributed by atoms with E-state index in [-0.39, 0.29) is 0 Å².